The smallest absolute Gasteiger partial charge is 0.0742 e. The lowest BCUT2D eigenvalue weighted by Gasteiger charge is -2.21. The molecule has 4 heteroatoms. The van der Waals surface area contributed by atoms with Gasteiger partial charge in [0.2, 0.25) is 0 Å². The Hall–Kier alpha value is -1.14. The summed E-state index contributed by atoms with van der Waals surface area (Å²) in [5, 5.41) is 2.71. The van der Waals surface area contributed by atoms with Crippen molar-refractivity contribution in [1.82, 2.24) is 14.9 Å². The summed E-state index contributed by atoms with van der Waals surface area (Å²) in [6.07, 6.45) is 4.62. The fourth-order valence-corrected chi connectivity index (χ4v) is 4.17. The third-order valence-electron chi connectivity index (χ3n) is 4.65. The van der Waals surface area contributed by atoms with Gasteiger partial charge in [0.05, 0.1) is 11.2 Å². The van der Waals surface area contributed by atoms with Crippen LogP contribution in [0.2, 0.25) is 0 Å². The molecule has 1 aliphatic heterocycles. The Morgan fingerprint density at radius 2 is 2.24 bits per heavy atom. The van der Waals surface area contributed by atoms with E-state index in [1.165, 1.54) is 46.8 Å². The van der Waals surface area contributed by atoms with Crippen LogP contribution >= 0.6 is 22.6 Å². The Labute approximate surface area is 137 Å². The first-order valence-electron chi connectivity index (χ1n) is 7.44. The third-order valence-corrected chi connectivity index (χ3v) is 5.37. The summed E-state index contributed by atoms with van der Waals surface area (Å²) >= 11 is 2.40. The Bertz CT molecular complexity index is 808. The van der Waals surface area contributed by atoms with Crippen molar-refractivity contribution >= 4 is 44.4 Å². The normalized spacial score (nSPS) is 19.8. The molecule has 3 nitrogen and oxygen atoms in total. The van der Waals surface area contributed by atoms with Gasteiger partial charge in [0.25, 0.3) is 0 Å². The highest BCUT2D eigenvalue weighted by atomic mass is 127. The number of aromatic amines is 1. The first-order chi connectivity index (χ1) is 10.3. The maximum atomic E-state index is 4.73. The van der Waals surface area contributed by atoms with Crippen molar-refractivity contribution in [3.8, 4) is 0 Å². The van der Waals surface area contributed by atoms with Gasteiger partial charge in [-0.1, -0.05) is 40.8 Å². The molecule has 0 bridgehead atoms. The molecule has 0 unspecified atom stereocenters. The van der Waals surface area contributed by atoms with E-state index in [4.69, 9.17) is 4.98 Å². The number of para-hydroxylation sites is 1. The lowest BCUT2D eigenvalue weighted by atomic mass is 10.00. The minimum atomic E-state index is 0.502. The summed E-state index contributed by atoms with van der Waals surface area (Å²) in [4.78, 5) is 10.8. The lowest BCUT2D eigenvalue weighted by molar-refractivity contribution is 0.318. The van der Waals surface area contributed by atoms with Crippen LogP contribution in [0.15, 0.2) is 30.5 Å². The summed E-state index contributed by atoms with van der Waals surface area (Å²) in [6, 6.07) is 9.11. The highest BCUT2D eigenvalue weighted by molar-refractivity contribution is 14.1. The van der Waals surface area contributed by atoms with Crippen LogP contribution in [0.4, 0.5) is 0 Å². The third kappa shape index (κ3) is 2.07. The topological polar surface area (TPSA) is 31.9 Å². The maximum absolute atomic E-state index is 4.73. The van der Waals surface area contributed by atoms with E-state index in [1.807, 2.05) is 0 Å². The molecule has 4 rings (SSSR count). The first-order valence-corrected chi connectivity index (χ1v) is 8.96. The Morgan fingerprint density at radius 1 is 1.38 bits per heavy atom. The molecule has 1 saturated heterocycles. The van der Waals surface area contributed by atoms with Crippen molar-refractivity contribution in [1.29, 1.82) is 0 Å². The van der Waals surface area contributed by atoms with Gasteiger partial charge >= 0.3 is 0 Å². The van der Waals surface area contributed by atoms with Crippen LogP contribution in [0.3, 0.4) is 0 Å². The standard InChI is InChI=1S/C17H18IN3/c1-21-8-4-7-15(21)12-10-19-14(9-18)17-16(12)11-5-2-3-6-13(11)20-17/h2-3,5-6,10,15,20H,4,7-9H2,1H3/t15-/m0/s1. The molecule has 0 saturated carbocycles. The van der Waals surface area contributed by atoms with Crippen LogP contribution in [0.1, 0.15) is 30.1 Å². The molecule has 108 valence electrons. The number of alkyl halides is 1. The van der Waals surface area contributed by atoms with E-state index in [-0.39, 0.29) is 0 Å². The fraction of sp³-hybridized carbons (Fsp3) is 0.353. The van der Waals surface area contributed by atoms with Crippen molar-refractivity contribution in [2.75, 3.05) is 13.6 Å². The molecule has 0 aliphatic carbocycles. The van der Waals surface area contributed by atoms with Gasteiger partial charge in [0, 0.05) is 33.0 Å². The summed E-state index contributed by atoms with van der Waals surface area (Å²) in [5.74, 6) is 0. The van der Waals surface area contributed by atoms with Gasteiger partial charge < -0.3 is 4.98 Å². The zero-order chi connectivity index (χ0) is 14.4. The predicted molar refractivity (Wildman–Crippen MR) is 95.9 cm³/mol. The quantitative estimate of drug-likeness (QED) is 0.518. The minimum Gasteiger partial charge on any atom is -0.353 e. The van der Waals surface area contributed by atoms with Crippen LogP contribution in [0, 0.1) is 0 Å². The number of aromatic nitrogens is 2. The highest BCUT2D eigenvalue weighted by Crippen LogP contribution is 2.38. The van der Waals surface area contributed by atoms with E-state index >= 15 is 0 Å². The molecule has 0 amide bonds. The van der Waals surface area contributed by atoms with Crippen LogP contribution in [-0.2, 0) is 4.43 Å². The summed E-state index contributed by atoms with van der Waals surface area (Å²) in [5.41, 5.74) is 4.99. The summed E-state index contributed by atoms with van der Waals surface area (Å²) in [6.45, 7) is 1.18. The molecule has 1 aromatic carbocycles. The van der Waals surface area contributed by atoms with Gasteiger partial charge in [-0.05, 0) is 38.1 Å². The molecule has 21 heavy (non-hydrogen) atoms. The molecule has 1 atom stereocenters. The number of H-pyrrole nitrogens is 1. The van der Waals surface area contributed by atoms with E-state index in [2.05, 4.69) is 70.0 Å². The number of nitrogens with one attached hydrogen (secondary N) is 1. The SMILES string of the molecule is CN1CCC[C@H]1c1cnc(CI)c2[nH]c3ccccc3c12. The number of hydrogen-bond donors (Lipinski definition) is 1. The van der Waals surface area contributed by atoms with Crippen LogP contribution < -0.4 is 0 Å². The molecular formula is C17H18IN3. The molecule has 3 heterocycles. The number of rotatable bonds is 2. The van der Waals surface area contributed by atoms with E-state index in [0.717, 1.165) is 10.1 Å². The summed E-state index contributed by atoms with van der Waals surface area (Å²) in [7, 11) is 2.23. The van der Waals surface area contributed by atoms with Crippen molar-refractivity contribution < 1.29 is 0 Å². The number of likely N-dealkylation sites (tertiary alicyclic amines) is 1. The minimum absolute atomic E-state index is 0.502. The second-order valence-corrected chi connectivity index (χ2v) is 6.62. The molecule has 3 aromatic rings. The van der Waals surface area contributed by atoms with E-state index in [9.17, 15) is 0 Å². The average molecular weight is 391 g/mol. The van der Waals surface area contributed by atoms with E-state index in [1.54, 1.807) is 0 Å². The maximum Gasteiger partial charge on any atom is 0.0742 e. The van der Waals surface area contributed by atoms with E-state index in [0.29, 0.717) is 6.04 Å². The van der Waals surface area contributed by atoms with Gasteiger partial charge in [-0.3, -0.25) is 9.88 Å². The molecule has 1 aliphatic rings. The van der Waals surface area contributed by atoms with Gasteiger partial charge in [0.1, 0.15) is 0 Å². The van der Waals surface area contributed by atoms with Crippen LogP contribution in [0.5, 0.6) is 0 Å². The Morgan fingerprint density at radius 3 is 3.00 bits per heavy atom. The summed E-state index contributed by atoms with van der Waals surface area (Å²) < 4.78 is 0.932. The number of fused-ring (bicyclic) bond motifs is 3. The second-order valence-electron chi connectivity index (χ2n) is 5.85. The largest absolute Gasteiger partial charge is 0.353 e. The lowest BCUT2D eigenvalue weighted by Crippen LogP contribution is -2.18. The van der Waals surface area contributed by atoms with Crippen LogP contribution in [-0.4, -0.2) is 28.5 Å². The van der Waals surface area contributed by atoms with Crippen LogP contribution in [0.25, 0.3) is 21.8 Å². The Balaban J connectivity index is 2.07. The second kappa shape index (κ2) is 5.25. The van der Waals surface area contributed by atoms with Crippen molar-refractivity contribution in [2.24, 2.45) is 0 Å². The predicted octanol–water partition coefficient (Wildman–Crippen LogP) is 4.42. The zero-order valence-corrected chi connectivity index (χ0v) is 14.2. The van der Waals surface area contributed by atoms with E-state index < -0.39 is 0 Å². The number of nitrogens with zero attached hydrogens (tertiary/aromatic N) is 2. The van der Waals surface area contributed by atoms with Gasteiger partial charge in [-0.15, -0.1) is 0 Å². The zero-order valence-electron chi connectivity index (χ0n) is 12.1. The average Bonchev–Trinajstić information content (AvgIpc) is 3.10. The fourth-order valence-electron chi connectivity index (χ4n) is 3.59. The number of hydrogen-bond acceptors (Lipinski definition) is 2. The number of pyridine rings is 1. The molecule has 1 N–H and O–H groups in total. The molecule has 0 spiro atoms. The number of halogens is 1. The first kappa shape index (κ1) is 13.5. The molecule has 1 fully saturated rings. The molecular weight excluding hydrogens is 373 g/mol. The number of benzene rings is 1. The van der Waals surface area contributed by atoms with Gasteiger partial charge in [-0.2, -0.15) is 0 Å². The van der Waals surface area contributed by atoms with Crippen molar-refractivity contribution in [2.45, 2.75) is 23.3 Å². The monoisotopic (exact) mass is 391 g/mol. The van der Waals surface area contributed by atoms with Crippen molar-refractivity contribution in [3.63, 3.8) is 0 Å². The van der Waals surface area contributed by atoms with Gasteiger partial charge in [0.15, 0.2) is 0 Å². The van der Waals surface area contributed by atoms with Crippen molar-refractivity contribution in [3.05, 3.63) is 41.7 Å². The molecule has 2 aromatic heterocycles. The highest BCUT2D eigenvalue weighted by Gasteiger charge is 2.26. The van der Waals surface area contributed by atoms with Gasteiger partial charge in [-0.25, -0.2) is 0 Å². The Kier molecular flexibility index (Phi) is 3.38. The molecule has 0 radical (unpaired) electrons.